The van der Waals surface area contributed by atoms with Crippen molar-refractivity contribution in [2.45, 2.75) is 64.7 Å². The van der Waals surface area contributed by atoms with Crippen molar-refractivity contribution in [2.75, 3.05) is 5.32 Å². The first-order chi connectivity index (χ1) is 17.7. The molecule has 7 heteroatoms. The Balaban J connectivity index is 1.20. The largest absolute Gasteiger partial charge is 0.345 e. The van der Waals surface area contributed by atoms with Crippen molar-refractivity contribution in [1.82, 2.24) is 9.78 Å². The average Bonchev–Trinajstić information content (AvgIpc) is 3.15. The number of nitrogens with one attached hydrogen (secondary N) is 2. The van der Waals surface area contributed by atoms with E-state index in [4.69, 9.17) is 0 Å². The minimum absolute atomic E-state index is 0.215. The molecule has 4 bridgehead atoms. The van der Waals surface area contributed by atoms with Gasteiger partial charge in [0.15, 0.2) is 0 Å². The molecule has 7 rings (SSSR count). The minimum atomic E-state index is -0.517. The van der Waals surface area contributed by atoms with Crippen LogP contribution in [0.2, 0.25) is 0 Å². The Hall–Kier alpha value is -2.93. The average molecular weight is 562 g/mol. The second-order valence-corrected chi connectivity index (χ2v) is 12.4. The van der Waals surface area contributed by atoms with Crippen LogP contribution in [-0.2, 0) is 5.41 Å². The van der Waals surface area contributed by atoms with E-state index in [1.807, 2.05) is 32.9 Å². The monoisotopic (exact) mass is 560 g/mol. The summed E-state index contributed by atoms with van der Waals surface area (Å²) in [7, 11) is 0. The molecule has 4 saturated carbocycles. The van der Waals surface area contributed by atoms with Crippen molar-refractivity contribution in [3.63, 3.8) is 0 Å². The highest BCUT2D eigenvalue weighted by Crippen LogP contribution is 2.60. The highest BCUT2D eigenvalue weighted by Gasteiger charge is 2.51. The molecule has 1 aromatic heterocycles. The van der Waals surface area contributed by atoms with Gasteiger partial charge in [0.2, 0.25) is 0 Å². The number of aliphatic imine (C=N–C) groups is 1. The zero-order valence-electron chi connectivity index (χ0n) is 21.6. The van der Waals surface area contributed by atoms with Crippen LogP contribution in [0.4, 0.5) is 10.5 Å². The first kappa shape index (κ1) is 24.4. The Kier molecular flexibility index (Phi) is 6.02. The number of benzene rings is 2. The summed E-state index contributed by atoms with van der Waals surface area (Å²) in [6.45, 7) is 5.76. The summed E-state index contributed by atoms with van der Waals surface area (Å²) < 4.78 is 2.53. The van der Waals surface area contributed by atoms with Crippen molar-refractivity contribution in [2.24, 2.45) is 22.7 Å². The number of halogens is 1. The van der Waals surface area contributed by atoms with Gasteiger partial charge in [-0.25, -0.2) is 14.5 Å². The Labute approximate surface area is 225 Å². The zero-order chi connectivity index (χ0) is 25.9. The number of carbonyl (C=O) groups is 1. The number of H-pyrrole nitrogens is 1. The van der Waals surface area contributed by atoms with Crippen LogP contribution in [0.1, 0.15) is 66.5 Å². The number of anilines is 1. The van der Waals surface area contributed by atoms with Crippen LogP contribution >= 0.6 is 15.9 Å². The summed E-state index contributed by atoms with van der Waals surface area (Å²) in [5.74, 6) is 2.70. The molecule has 3 aromatic rings. The lowest BCUT2D eigenvalue weighted by Crippen LogP contribution is -2.48. The number of rotatable bonds is 4. The van der Waals surface area contributed by atoms with Crippen molar-refractivity contribution in [3.8, 4) is 5.69 Å². The number of hydrogen-bond acceptors (Lipinski definition) is 2. The fraction of sp³-hybridized carbons (Fsp3) is 0.433. The molecule has 0 aliphatic heterocycles. The molecule has 0 spiro atoms. The molecule has 1 heterocycles. The standard InChI is InChI=1S/C30H33BrN4O2/c1-17-18(2)27(9-8-26(17)31)33-29(37)32-16-25-19(3)34-35(28(25)36)24-6-4-23(5-7-24)30-13-20-10-21(14-30)12-22(11-20)15-30/h4-9,16,20-22,34H,10-15H2,1-3H3,(H,33,37). The fourth-order valence-corrected chi connectivity index (χ4v) is 7.94. The van der Waals surface area contributed by atoms with Gasteiger partial charge in [0, 0.05) is 22.1 Å². The maximum Gasteiger partial charge on any atom is 0.345 e. The highest BCUT2D eigenvalue weighted by atomic mass is 79.9. The van der Waals surface area contributed by atoms with Gasteiger partial charge in [-0.3, -0.25) is 9.89 Å². The minimum Gasteiger partial charge on any atom is -0.306 e. The Morgan fingerprint density at radius 2 is 1.62 bits per heavy atom. The molecule has 0 saturated heterocycles. The van der Waals surface area contributed by atoms with Crippen LogP contribution in [-0.4, -0.2) is 22.0 Å². The third kappa shape index (κ3) is 4.31. The summed E-state index contributed by atoms with van der Waals surface area (Å²) in [6.07, 6.45) is 9.61. The summed E-state index contributed by atoms with van der Waals surface area (Å²) in [5, 5.41) is 5.97. The number of amides is 2. The van der Waals surface area contributed by atoms with Crippen molar-refractivity contribution in [3.05, 3.63) is 79.2 Å². The molecule has 37 heavy (non-hydrogen) atoms. The lowest BCUT2D eigenvalue weighted by molar-refractivity contribution is -0.00518. The zero-order valence-corrected chi connectivity index (χ0v) is 23.2. The Bertz CT molecular complexity index is 1430. The Morgan fingerprint density at radius 3 is 2.24 bits per heavy atom. The molecule has 2 aromatic carbocycles. The van der Waals surface area contributed by atoms with Gasteiger partial charge in [0.1, 0.15) is 0 Å². The van der Waals surface area contributed by atoms with Crippen LogP contribution in [0.25, 0.3) is 5.69 Å². The molecule has 4 aliphatic rings. The van der Waals surface area contributed by atoms with Crippen LogP contribution in [0.5, 0.6) is 0 Å². The van der Waals surface area contributed by atoms with E-state index in [-0.39, 0.29) is 5.56 Å². The SMILES string of the molecule is Cc1[nH]n(-c2ccc(C34CC5CC(CC(C5)C3)C4)cc2)c(=O)c1C=NC(=O)Nc1ccc(Br)c(C)c1C. The first-order valence-electron chi connectivity index (χ1n) is 13.3. The number of carbonyl (C=O) groups excluding carboxylic acids is 1. The van der Waals surface area contributed by atoms with E-state index in [1.165, 1.54) is 50.3 Å². The molecular formula is C30H33BrN4O2. The van der Waals surface area contributed by atoms with E-state index >= 15 is 0 Å². The maximum absolute atomic E-state index is 13.2. The van der Waals surface area contributed by atoms with Crippen molar-refractivity contribution in [1.29, 1.82) is 0 Å². The number of hydrogen-bond donors (Lipinski definition) is 2. The van der Waals surface area contributed by atoms with Crippen molar-refractivity contribution < 1.29 is 4.79 Å². The topological polar surface area (TPSA) is 79.2 Å². The van der Waals surface area contributed by atoms with E-state index in [2.05, 4.69) is 55.6 Å². The molecule has 6 nitrogen and oxygen atoms in total. The normalized spacial score (nSPS) is 26.2. The van der Waals surface area contributed by atoms with Gasteiger partial charge < -0.3 is 5.32 Å². The highest BCUT2D eigenvalue weighted by molar-refractivity contribution is 9.10. The molecule has 0 atom stereocenters. The van der Waals surface area contributed by atoms with Gasteiger partial charge in [-0.1, -0.05) is 28.1 Å². The van der Waals surface area contributed by atoms with Crippen LogP contribution in [0.3, 0.4) is 0 Å². The summed E-state index contributed by atoms with van der Waals surface area (Å²) in [5.41, 5.74) is 6.12. The predicted octanol–water partition coefficient (Wildman–Crippen LogP) is 6.97. The molecule has 2 N–H and O–H groups in total. The lowest BCUT2D eigenvalue weighted by atomic mass is 9.48. The fourth-order valence-electron chi connectivity index (χ4n) is 7.52. The number of urea groups is 1. The quantitative estimate of drug-likeness (QED) is 0.338. The van der Waals surface area contributed by atoms with Gasteiger partial charge in [-0.15, -0.1) is 0 Å². The third-order valence-corrected chi connectivity index (χ3v) is 10.0. The molecule has 0 unspecified atom stereocenters. The summed E-state index contributed by atoms with van der Waals surface area (Å²) in [4.78, 5) is 29.7. The summed E-state index contributed by atoms with van der Waals surface area (Å²) in [6, 6.07) is 11.8. The molecular weight excluding hydrogens is 528 g/mol. The van der Waals surface area contributed by atoms with E-state index in [9.17, 15) is 9.59 Å². The lowest BCUT2D eigenvalue weighted by Gasteiger charge is -2.57. The molecule has 192 valence electrons. The maximum atomic E-state index is 13.2. The van der Waals surface area contributed by atoms with E-state index < -0.39 is 6.03 Å². The van der Waals surface area contributed by atoms with Gasteiger partial charge in [0.25, 0.3) is 5.56 Å². The van der Waals surface area contributed by atoms with Gasteiger partial charge >= 0.3 is 6.03 Å². The smallest absolute Gasteiger partial charge is 0.306 e. The number of aromatic nitrogens is 2. The predicted molar refractivity (Wildman–Crippen MR) is 151 cm³/mol. The molecule has 2 amide bonds. The second-order valence-electron chi connectivity index (χ2n) is 11.6. The Morgan fingerprint density at radius 1 is 1.00 bits per heavy atom. The number of aryl methyl sites for hydroxylation is 1. The van der Waals surface area contributed by atoms with Crippen LogP contribution in [0.15, 0.2) is 50.7 Å². The number of aromatic amines is 1. The van der Waals surface area contributed by atoms with Crippen molar-refractivity contribution >= 4 is 33.9 Å². The van der Waals surface area contributed by atoms with Gasteiger partial charge in [0.05, 0.1) is 11.3 Å². The van der Waals surface area contributed by atoms with E-state index in [1.54, 1.807) is 4.68 Å². The summed E-state index contributed by atoms with van der Waals surface area (Å²) >= 11 is 3.50. The van der Waals surface area contributed by atoms with E-state index in [0.717, 1.165) is 39.0 Å². The first-order valence-corrected chi connectivity index (χ1v) is 14.0. The second kappa shape index (κ2) is 9.12. The van der Waals surface area contributed by atoms with Gasteiger partial charge in [-0.2, -0.15) is 0 Å². The number of nitrogens with zero attached hydrogens (tertiary/aromatic N) is 2. The molecule has 4 fully saturated rings. The van der Waals surface area contributed by atoms with E-state index in [0.29, 0.717) is 22.4 Å². The third-order valence-electron chi connectivity index (χ3n) is 9.17. The van der Waals surface area contributed by atoms with Crippen LogP contribution < -0.4 is 10.9 Å². The van der Waals surface area contributed by atoms with Crippen LogP contribution in [0, 0.1) is 38.5 Å². The molecule has 4 aliphatic carbocycles. The molecule has 0 radical (unpaired) electrons. The van der Waals surface area contributed by atoms with Gasteiger partial charge in [-0.05, 0) is 123 Å².